The summed E-state index contributed by atoms with van der Waals surface area (Å²) in [5.74, 6) is -0.206. The van der Waals surface area contributed by atoms with Crippen LogP contribution in [0.5, 0.6) is 0 Å². The lowest BCUT2D eigenvalue weighted by molar-refractivity contribution is -0.121. The van der Waals surface area contributed by atoms with E-state index in [2.05, 4.69) is 10.3 Å². The summed E-state index contributed by atoms with van der Waals surface area (Å²) in [6, 6.07) is 5.45. The summed E-state index contributed by atoms with van der Waals surface area (Å²) >= 11 is 0. The van der Waals surface area contributed by atoms with E-state index in [0.717, 1.165) is 12.0 Å². The predicted octanol–water partition coefficient (Wildman–Crippen LogP) is 0.858. The molecular formula is C15H19N3O3. The van der Waals surface area contributed by atoms with Gasteiger partial charge in [0.1, 0.15) is 6.54 Å². The van der Waals surface area contributed by atoms with E-state index in [-0.39, 0.29) is 18.0 Å². The molecule has 0 fully saturated rings. The number of fused-ring (bicyclic) bond motifs is 1. The smallest absolute Gasteiger partial charge is 0.261 e. The van der Waals surface area contributed by atoms with Crippen LogP contribution in [-0.4, -0.2) is 35.7 Å². The van der Waals surface area contributed by atoms with E-state index in [9.17, 15) is 9.59 Å². The van der Waals surface area contributed by atoms with Gasteiger partial charge in [0.25, 0.3) is 5.56 Å². The molecule has 2 aromatic rings. The number of aromatic nitrogens is 2. The summed E-state index contributed by atoms with van der Waals surface area (Å²) in [6.07, 6.45) is 2.17. The molecule has 0 aliphatic heterocycles. The predicted molar refractivity (Wildman–Crippen MR) is 80.2 cm³/mol. The molecule has 0 radical (unpaired) electrons. The first-order chi connectivity index (χ1) is 10.1. The number of nitrogens with zero attached hydrogens (tertiary/aromatic N) is 2. The van der Waals surface area contributed by atoms with Crippen molar-refractivity contribution in [3.63, 3.8) is 0 Å². The van der Waals surface area contributed by atoms with Gasteiger partial charge in [-0.1, -0.05) is 12.1 Å². The minimum absolute atomic E-state index is 0.0251. The van der Waals surface area contributed by atoms with Crippen molar-refractivity contribution in [2.45, 2.75) is 19.9 Å². The number of carbonyl (C=O) groups excluding carboxylic acids is 1. The van der Waals surface area contributed by atoms with Crippen LogP contribution < -0.4 is 10.9 Å². The lowest BCUT2D eigenvalue weighted by Gasteiger charge is -2.08. The Balaban J connectivity index is 2.11. The van der Waals surface area contributed by atoms with E-state index in [0.29, 0.717) is 24.1 Å². The maximum absolute atomic E-state index is 12.3. The topological polar surface area (TPSA) is 73.2 Å². The van der Waals surface area contributed by atoms with Gasteiger partial charge in [-0.15, -0.1) is 0 Å². The molecule has 0 bridgehead atoms. The Morgan fingerprint density at radius 3 is 3.00 bits per heavy atom. The number of hydrogen-bond acceptors (Lipinski definition) is 4. The van der Waals surface area contributed by atoms with Gasteiger partial charge in [0.2, 0.25) is 5.91 Å². The highest BCUT2D eigenvalue weighted by Gasteiger charge is 2.08. The number of amides is 1. The quantitative estimate of drug-likeness (QED) is 0.800. The first-order valence-electron chi connectivity index (χ1n) is 6.84. The van der Waals surface area contributed by atoms with Crippen molar-refractivity contribution in [2.75, 3.05) is 20.3 Å². The van der Waals surface area contributed by atoms with E-state index in [1.165, 1.54) is 10.9 Å². The highest BCUT2D eigenvalue weighted by atomic mass is 16.5. The van der Waals surface area contributed by atoms with Crippen LogP contribution in [0.15, 0.2) is 29.3 Å². The maximum Gasteiger partial charge on any atom is 0.261 e. The Kier molecular flexibility index (Phi) is 5.05. The Hall–Kier alpha value is -2.21. The van der Waals surface area contributed by atoms with Crippen molar-refractivity contribution in [2.24, 2.45) is 0 Å². The number of nitrogens with one attached hydrogen (secondary N) is 1. The van der Waals surface area contributed by atoms with Crippen molar-refractivity contribution in [3.8, 4) is 0 Å². The van der Waals surface area contributed by atoms with Crippen LogP contribution in [0.2, 0.25) is 0 Å². The molecule has 1 amide bonds. The molecule has 0 spiro atoms. The van der Waals surface area contributed by atoms with E-state index in [1.807, 2.05) is 19.1 Å². The van der Waals surface area contributed by atoms with Gasteiger partial charge in [-0.2, -0.15) is 0 Å². The van der Waals surface area contributed by atoms with Crippen molar-refractivity contribution in [1.29, 1.82) is 0 Å². The molecule has 6 heteroatoms. The number of para-hydroxylation sites is 1. The third-order valence-corrected chi connectivity index (χ3v) is 3.22. The van der Waals surface area contributed by atoms with Gasteiger partial charge in [0.05, 0.1) is 17.2 Å². The molecule has 1 aromatic carbocycles. The van der Waals surface area contributed by atoms with Crippen molar-refractivity contribution < 1.29 is 9.53 Å². The second kappa shape index (κ2) is 6.99. The number of aryl methyl sites for hydroxylation is 1. The van der Waals surface area contributed by atoms with Crippen LogP contribution >= 0.6 is 0 Å². The molecule has 0 saturated carbocycles. The molecular weight excluding hydrogens is 270 g/mol. The molecule has 21 heavy (non-hydrogen) atoms. The lowest BCUT2D eigenvalue weighted by Crippen LogP contribution is -2.33. The zero-order valence-corrected chi connectivity index (χ0v) is 12.3. The first kappa shape index (κ1) is 15.2. The fourth-order valence-electron chi connectivity index (χ4n) is 2.11. The van der Waals surface area contributed by atoms with E-state index >= 15 is 0 Å². The molecule has 1 heterocycles. The highest BCUT2D eigenvalue weighted by molar-refractivity contribution is 5.81. The maximum atomic E-state index is 12.3. The number of rotatable bonds is 6. The minimum Gasteiger partial charge on any atom is -0.385 e. The minimum atomic E-state index is -0.206. The van der Waals surface area contributed by atoms with Crippen molar-refractivity contribution in [1.82, 2.24) is 14.9 Å². The van der Waals surface area contributed by atoms with Gasteiger partial charge in [-0.25, -0.2) is 4.98 Å². The Bertz CT molecular complexity index is 694. The fraction of sp³-hybridized carbons (Fsp3) is 0.400. The van der Waals surface area contributed by atoms with Crippen LogP contribution in [0.25, 0.3) is 10.9 Å². The van der Waals surface area contributed by atoms with E-state index < -0.39 is 0 Å². The molecule has 6 nitrogen and oxygen atoms in total. The van der Waals surface area contributed by atoms with Crippen LogP contribution in [0.1, 0.15) is 12.0 Å². The molecule has 0 saturated heterocycles. The van der Waals surface area contributed by atoms with Gasteiger partial charge in [0, 0.05) is 20.3 Å². The highest BCUT2D eigenvalue weighted by Crippen LogP contribution is 2.10. The molecule has 0 aliphatic rings. The summed E-state index contributed by atoms with van der Waals surface area (Å²) in [6.45, 7) is 3.00. The Labute approximate surface area is 122 Å². The van der Waals surface area contributed by atoms with E-state index in [1.54, 1.807) is 13.2 Å². The number of hydrogen-bond donors (Lipinski definition) is 1. The van der Waals surface area contributed by atoms with E-state index in [4.69, 9.17) is 4.74 Å². The van der Waals surface area contributed by atoms with Crippen LogP contribution in [0.4, 0.5) is 0 Å². The number of carbonyl (C=O) groups is 1. The Morgan fingerprint density at radius 1 is 1.43 bits per heavy atom. The van der Waals surface area contributed by atoms with Gasteiger partial charge >= 0.3 is 0 Å². The molecule has 112 valence electrons. The summed E-state index contributed by atoms with van der Waals surface area (Å²) in [4.78, 5) is 28.4. The van der Waals surface area contributed by atoms with Gasteiger partial charge in [0.15, 0.2) is 0 Å². The first-order valence-corrected chi connectivity index (χ1v) is 6.84. The van der Waals surface area contributed by atoms with Crippen molar-refractivity contribution in [3.05, 3.63) is 40.4 Å². The fourth-order valence-corrected chi connectivity index (χ4v) is 2.11. The van der Waals surface area contributed by atoms with Crippen LogP contribution in [0, 0.1) is 6.92 Å². The lowest BCUT2D eigenvalue weighted by atomic mass is 10.1. The molecule has 0 unspecified atom stereocenters. The molecule has 1 N–H and O–H groups in total. The van der Waals surface area contributed by atoms with Crippen LogP contribution in [0.3, 0.4) is 0 Å². The summed E-state index contributed by atoms with van der Waals surface area (Å²) in [5.41, 5.74) is 1.43. The average molecular weight is 289 g/mol. The second-order valence-corrected chi connectivity index (χ2v) is 4.85. The van der Waals surface area contributed by atoms with Crippen LogP contribution in [-0.2, 0) is 16.1 Å². The zero-order valence-electron chi connectivity index (χ0n) is 12.3. The van der Waals surface area contributed by atoms with Crippen molar-refractivity contribution >= 4 is 16.8 Å². The monoisotopic (exact) mass is 289 g/mol. The second-order valence-electron chi connectivity index (χ2n) is 4.85. The number of methoxy groups -OCH3 is 1. The van der Waals surface area contributed by atoms with Gasteiger partial charge < -0.3 is 10.1 Å². The summed E-state index contributed by atoms with van der Waals surface area (Å²) < 4.78 is 6.23. The Morgan fingerprint density at radius 2 is 2.24 bits per heavy atom. The number of benzene rings is 1. The normalized spacial score (nSPS) is 10.8. The molecule has 0 atom stereocenters. The van der Waals surface area contributed by atoms with Gasteiger partial charge in [-0.05, 0) is 25.0 Å². The third kappa shape index (κ3) is 3.66. The largest absolute Gasteiger partial charge is 0.385 e. The third-order valence-electron chi connectivity index (χ3n) is 3.22. The molecule has 2 rings (SSSR count). The van der Waals surface area contributed by atoms with Gasteiger partial charge in [-0.3, -0.25) is 14.2 Å². The summed E-state index contributed by atoms with van der Waals surface area (Å²) in [7, 11) is 1.62. The molecule has 1 aromatic heterocycles. The number of ether oxygens (including phenoxy) is 1. The molecule has 0 aliphatic carbocycles. The standard InChI is InChI=1S/C15H19N3O3/c1-11-5-3-6-12-14(11)17-10-18(15(12)20)9-13(19)16-7-4-8-21-2/h3,5-6,10H,4,7-9H2,1-2H3,(H,16,19). The summed E-state index contributed by atoms with van der Waals surface area (Å²) in [5, 5.41) is 3.28. The SMILES string of the molecule is COCCCNC(=O)Cn1cnc2c(C)cccc2c1=O. The zero-order chi connectivity index (χ0) is 15.2. The average Bonchev–Trinajstić information content (AvgIpc) is 2.47.